The van der Waals surface area contributed by atoms with Crippen LogP contribution in [0.5, 0.6) is 0 Å². The number of nitrogens with zero attached hydrogens (tertiary/aromatic N) is 1. The highest BCUT2D eigenvalue weighted by atomic mass is 19.1. The molecule has 2 N–H and O–H groups in total. The van der Waals surface area contributed by atoms with Gasteiger partial charge in [-0.3, -0.25) is 10.1 Å². The Morgan fingerprint density at radius 1 is 1.43 bits per heavy atom. The number of alkyl carbamates (subject to hydrolysis) is 1. The number of ether oxygens (including phenoxy) is 1. The maximum absolute atomic E-state index is 13.5. The second-order valence-electron chi connectivity index (χ2n) is 5.78. The predicted molar refractivity (Wildman–Crippen MR) is 77.6 cm³/mol. The van der Waals surface area contributed by atoms with E-state index in [2.05, 4.69) is 5.32 Å². The van der Waals surface area contributed by atoms with Crippen LogP contribution in [0.1, 0.15) is 26.3 Å². The molecule has 0 saturated carbocycles. The molecule has 1 atom stereocenters. The van der Waals surface area contributed by atoms with Gasteiger partial charge in [0.25, 0.3) is 0 Å². The molecular formula is C14H17FN2O6. The van der Waals surface area contributed by atoms with Crippen LogP contribution in [-0.4, -0.2) is 33.7 Å². The van der Waals surface area contributed by atoms with E-state index < -0.39 is 40.1 Å². The number of carbonyl (C=O) groups excluding carboxylic acids is 1. The molecular weight excluding hydrogens is 311 g/mol. The minimum Gasteiger partial charge on any atom is -0.480 e. The number of hydrogen-bond donors (Lipinski definition) is 2. The van der Waals surface area contributed by atoms with E-state index in [1.807, 2.05) is 0 Å². The Hall–Kier alpha value is -2.71. The zero-order valence-corrected chi connectivity index (χ0v) is 12.8. The van der Waals surface area contributed by atoms with Gasteiger partial charge in [-0.05, 0) is 32.4 Å². The molecule has 1 aromatic rings. The first-order chi connectivity index (χ1) is 10.5. The number of aliphatic carboxylic acids is 1. The topological polar surface area (TPSA) is 119 Å². The molecule has 1 amide bonds. The first-order valence-electron chi connectivity index (χ1n) is 6.65. The summed E-state index contributed by atoms with van der Waals surface area (Å²) in [7, 11) is 0. The number of nitrogens with one attached hydrogen (secondary N) is 1. The Morgan fingerprint density at radius 3 is 2.48 bits per heavy atom. The summed E-state index contributed by atoms with van der Waals surface area (Å²) in [6.45, 7) is 4.86. The van der Waals surface area contributed by atoms with Gasteiger partial charge in [0, 0.05) is 12.5 Å². The van der Waals surface area contributed by atoms with Crippen molar-refractivity contribution >= 4 is 17.7 Å². The first kappa shape index (κ1) is 18.3. The van der Waals surface area contributed by atoms with Gasteiger partial charge >= 0.3 is 17.7 Å². The summed E-state index contributed by atoms with van der Waals surface area (Å²) in [6, 6.07) is 1.68. The van der Waals surface area contributed by atoms with Crippen molar-refractivity contribution < 1.29 is 28.7 Å². The van der Waals surface area contributed by atoms with E-state index in [9.17, 15) is 24.1 Å². The first-order valence-corrected chi connectivity index (χ1v) is 6.65. The Labute approximate surface area is 131 Å². The quantitative estimate of drug-likeness (QED) is 0.632. The van der Waals surface area contributed by atoms with Crippen LogP contribution < -0.4 is 5.32 Å². The van der Waals surface area contributed by atoms with E-state index in [0.717, 1.165) is 12.1 Å². The van der Waals surface area contributed by atoms with Gasteiger partial charge in [-0.2, -0.15) is 4.39 Å². The van der Waals surface area contributed by atoms with Crippen molar-refractivity contribution in [3.05, 3.63) is 39.7 Å². The number of amides is 1. The van der Waals surface area contributed by atoms with Crippen molar-refractivity contribution in [3.63, 3.8) is 0 Å². The zero-order chi connectivity index (χ0) is 17.8. The lowest BCUT2D eigenvalue weighted by Crippen LogP contribution is -2.44. The maximum Gasteiger partial charge on any atom is 0.408 e. The van der Waals surface area contributed by atoms with Crippen molar-refractivity contribution in [1.29, 1.82) is 0 Å². The number of nitro groups is 1. The summed E-state index contributed by atoms with van der Waals surface area (Å²) in [5, 5.41) is 21.8. The second-order valence-corrected chi connectivity index (χ2v) is 5.78. The van der Waals surface area contributed by atoms with Gasteiger partial charge in [0.05, 0.1) is 4.92 Å². The number of carboxylic acid groups (broad SMARTS) is 1. The zero-order valence-electron chi connectivity index (χ0n) is 12.8. The lowest BCUT2D eigenvalue weighted by molar-refractivity contribution is -0.387. The van der Waals surface area contributed by atoms with Crippen LogP contribution in [0.4, 0.5) is 14.9 Å². The maximum atomic E-state index is 13.5. The third-order valence-corrected chi connectivity index (χ3v) is 2.64. The van der Waals surface area contributed by atoms with Crippen LogP contribution in [-0.2, 0) is 16.0 Å². The number of rotatable bonds is 5. The molecule has 0 fully saturated rings. The molecule has 0 unspecified atom stereocenters. The summed E-state index contributed by atoms with van der Waals surface area (Å²) >= 11 is 0. The minimum atomic E-state index is -1.36. The van der Waals surface area contributed by atoms with Crippen LogP contribution in [0.2, 0.25) is 0 Å². The summed E-state index contributed by atoms with van der Waals surface area (Å²) in [5.74, 6) is -2.41. The van der Waals surface area contributed by atoms with Crippen molar-refractivity contribution in [3.8, 4) is 0 Å². The van der Waals surface area contributed by atoms with E-state index >= 15 is 0 Å². The van der Waals surface area contributed by atoms with Crippen molar-refractivity contribution in [2.75, 3.05) is 0 Å². The fraction of sp³-hybridized carbons (Fsp3) is 0.429. The molecule has 8 nitrogen and oxygen atoms in total. The monoisotopic (exact) mass is 328 g/mol. The number of nitro benzene ring substituents is 1. The third-order valence-electron chi connectivity index (χ3n) is 2.64. The van der Waals surface area contributed by atoms with Gasteiger partial charge in [0.15, 0.2) is 0 Å². The molecule has 0 aliphatic carbocycles. The van der Waals surface area contributed by atoms with Crippen molar-refractivity contribution in [2.24, 2.45) is 0 Å². The Kier molecular flexibility index (Phi) is 5.61. The summed E-state index contributed by atoms with van der Waals surface area (Å²) in [5.41, 5.74) is -1.32. The highest BCUT2D eigenvalue weighted by molar-refractivity contribution is 5.80. The average Bonchev–Trinajstić information content (AvgIpc) is 2.35. The number of hydrogen-bond acceptors (Lipinski definition) is 5. The summed E-state index contributed by atoms with van der Waals surface area (Å²) in [6.07, 6.45) is -1.17. The van der Waals surface area contributed by atoms with Gasteiger partial charge in [0.1, 0.15) is 11.6 Å². The SMILES string of the molecule is CC(C)(C)OC(=O)N[C@H](Cc1ccc([N+](=O)[O-])c(F)c1)C(=O)O. The molecule has 126 valence electrons. The highest BCUT2D eigenvalue weighted by Crippen LogP contribution is 2.19. The normalized spacial score (nSPS) is 12.3. The lowest BCUT2D eigenvalue weighted by Gasteiger charge is -2.22. The van der Waals surface area contributed by atoms with Crippen LogP contribution in [0.15, 0.2) is 18.2 Å². The van der Waals surface area contributed by atoms with E-state index in [0.29, 0.717) is 0 Å². The van der Waals surface area contributed by atoms with E-state index in [-0.39, 0.29) is 12.0 Å². The van der Waals surface area contributed by atoms with Gasteiger partial charge < -0.3 is 15.2 Å². The van der Waals surface area contributed by atoms with E-state index in [4.69, 9.17) is 9.84 Å². The molecule has 0 aliphatic rings. The molecule has 0 saturated heterocycles. The Balaban J connectivity index is 2.85. The van der Waals surface area contributed by atoms with Crippen LogP contribution >= 0.6 is 0 Å². The highest BCUT2D eigenvalue weighted by Gasteiger charge is 2.25. The largest absolute Gasteiger partial charge is 0.480 e. The average molecular weight is 328 g/mol. The Morgan fingerprint density at radius 2 is 2.04 bits per heavy atom. The predicted octanol–water partition coefficient (Wildman–Crippen LogP) is 2.25. The fourth-order valence-corrected chi connectivity index (χ4v) is 1.71. The van der Waals surface area contributed by atoms with Gasteiger partial charge in [-0.1, -0.05) is 6.07 Å². The van der Waals surface area contributed by atoms with Gasteiger partial charge in [-0.15, -0.1) is 0 Å². The molecule has 0 spiro atoms. The number of benzene rings is 1. The third kappa shape index (κ3) is 5.89. The molecule has 23 heavy (non-hydrogen) atoms. The number of carbonyl (C=O) groups is 2. The second kappa shape index (κ2) is 7.03. The van der Waals surface area contributed by atoms with Gasteiger partial charge in [-0.25, -0.2) is 9.59 Å². The fourth-order valence-electron chi connectivity index (χ4n) is 1.71. The number of halogens is 1. The molecule has 0 aliphatic heterocycles. The minimum absolute atomic E-state index is 0.191. The number of carboxylic acids is 1. The van der Waals surface area contributed by atoms with E-state index in [1.165, 1.54) is 6.07 Å². The van der Waals surface area contributed by atoms with Gasteiger partial charge in [0.2, 0.25) is 5.82 Å². The molecule has 9 heteroatoms. The summed E-state index contributed by atoms with van der Waals surface area (Å²) in [4.78, 5) is 32.5. The van der Waals surface area contributed by atoms with E-state index in [1.54, 1.807) is 20.8 Å². The molecule has 1 rings (SSSR count). The van der Waals surface area contributed by atoms with Crippen molar-refractivity contribution in [1.82, 2.24) is 5.32 Å². The van der Waals surface area contributed by atoms with Crippen molar-refractivity contribution in [2.45, 2.75) is 38.8 Å². The molecule has 0 radical (unpaired) electrons. The molecule has 0 aromatic heterocycles. The lowest BCUT2D eigenvalue weighted by atomic mass is 10.1. The summed E-state index contributed by atoms with van der Waals surface area (Å²) < 4.78 is 18.5. The van der Waals surface area contributed by atoms with Crippen LogP contribution in [0.25, 0.3) is 0 Å². The smallest absolute Gasteiger partial charge is 0.408 e. The molecule has 1 aromatic carbocycles. The van der Waals surface area contributed by atoms with Crippen LogP contribution in [0, 0.1) is 15.9 Å². The van der Waals surface area contributed by atoms with Crippen LogP contribution in [0.3, 0.4) is 0 Å². The molecule has 0 bridgehead atoms. The standard InChI is InChI=1S/C14H17FN2O6/c1-14(2,3)23-13(20)16-10(12(18)19)7-8-4-5-11(17(21)22)9(15)6-8/h4-6,10H,7H2,1-3H3,(H,16,20)(H,18,19)/t10-/m1/s1. The Bertz CT molecular complexity index is 626. The molecule has 0 heterocycles.